The fourth-order valence-electron chi connectivity index (χ4n) is 3.15. The summed E-state index contributed by atoms with van der Waals surface area (Å²) >= 11 is 0. The van der Waals surface area contributed by atoms with E-state index in [1.165, 1.54) is 18.2 Å². The van der Waals surface area contributed by atoms with Crippen LogP contribution in [0.2, 0.25) is 0 Å². The van der Waals surface area contributed by atoms with Crippen molar-refractivity contribution >= 4 is 15.7 Å². The fraction of sp³-hybridized carbons (Fsp3) is 0.409. The van der Waals surface area contributed by atoms with Crippen LogP contribution in [0.1, 0.15) is 44.6 Å². The van der Waals surface area contributed by atoms with Crippen LogP contribution >= 0.6 is 0 Å². The first-order valence-corrected chi connectivity index (χ1v) is 10.6. The molecule has 1 N–H and O–H groups in total. The second-order valence-electron chi connectivity index (χ2n) is 6.70. The number of methoxy groups -OCH3 is 1. The van der Waals surface area contributed by atoms with Gasteiger partial charge in [-0.25, -0.2) is 0 Å². The van der Waals surface area contributed by atoms with Crippen molar-refractivity contribution in [3.63, 3.8) is 0 Å². The molecule has 0 unspecified atom stereocenters. The van der Waals surface area contributed by atoms with Crippen LogP contribution in [0, 0.1) is 6.92 Å². The van der Waals surface area contributed by atoms with Crippen molar-refractivity contribution < 1.29 is 23.0 Å². The molecule has 1 saturated carbocycles. The zero-order valence-corrected chi connectivity index (χ0v) is 17.5. The molecule has 0 aromatic heterocycles. The van der Waals surface area contributed by atoms with Gasteiger partial charge in [0.1, 0.15) is 5.75 Å². The third-order valence-corrected chi connectivity index (χ3v) is 5.22. The Morgan fingerprint density at radius 2 is 1.86 bits per heavy atom. The van der Waals surface area contributed by atoms with Gasteiger partial charge in [-0.2, -0.15) is 8.42 Å². The average molecular weight is 405 g/mol. The smallest absolute Gasteiger partial charge is 0.209 e. The number of benzene rings is 2. The van der Waals surface area contributed by atoms with Crippen molar-refractivity contribution in [3.05, 3.63) is 42.0 Å². The minimum Gasteiger partial charge on any atom is -0.507 e. The second kappa shape index (κ2) is 10.8. The Morgan fingerprint density at radius 1 is 1.14 bits per heavy atom. The van der Waals surface area contributed by atoms with E-state index in [0.717, 1.165) is 41.0 Å². The predicted octanol–water partition coefficient (Wildman–Crippen LogP) is 4.78. The van der Waals surface area contributed by atoms with Crippen LogP contribution in [0.15, 0.2) is 36.4 Å². The molecule has 28 heavy (non-hydrogen) atoms. The summed E-state index contributed by atoms with van der Waals surface area (Å²) in [6.45, 7) is 3.67. The van der Waals surface area contributed by atoms with Gasteiger partial charge in [0.2, 0.25) is 10.3 Å². The summed E-state index contributed by atoms with van der Waals surface area (Å²) in [7, 11) is -0.287. The van der Waals surface area contributed by atoms with Crippen LogP contribution in [-0.4, -0.2) is 32.1 Å². The molecule has 6 heteroatoms. The topological polar surface area (TPSA) is 72.8 Å². The van der Waals surface area contributed by atoms with Gasteiger partial charge in [-0.3, -0.25) is 0 Å². The number of hydrogen-bond acceptors (Lipinski definition) is 5. The van der Waals surface area contributed by atoms with Gasteiger partial charge in [-0.05, 0) is 62.3 Å². The molecule has 0 spiro atoms. The zero-order valence-electron chi connectivity index (χ0n) is 16.6. The molecule has 0 heterocycles. The van der Waals surface area contributed by atoms with E-state index in [9.17, 15) is 13.5 Å². The maximum Gasteiger partial charge on any atom is 0.209 e. The molecule has 0 bridgehead atoms. The zero-order chi connectivity index (χ0) is 20.5. The molecule has 0 saturated heterocycles. The second-order valence-corrected chi connectivity index (χ2v) is 7.55. The number of phenols is 1. The Morgan fingerprint density at radius 3 is 2.43 bits per heavy atom. The highest BCUT2D eigenvalue weighted by molar-refractivity contribution is 7.71. The van der Waals surface area contributed by atoms with Crippen molar-refractivity contribution in [1.29, 1.82) is 0 Å². The van der Waals surface area contributed by atoms with E-state index in [1.54, 1.807) is 14.0 Å². The third-order valence-electron chi connectivity index (χ3n) is 4.61. The SMILES string of the molecule is CCC=S(=O)=O.COc1ccc(-c2cccc(C)c2O)cc1OC1CCCC1. The normalized spacial score (nSPS) is 13.4. The van der Waals surface area contributed by atoms with Crippen LogP contribution in [-0.2, 0) is 10.3 Å². The Labute approximate surface area is 168 Å². The van der Waals surface area contributed by atoms with E-state index in [0.29, 0.717) is 12.2 Å². The quantitative estimate of drug-likeness (QED) is 0.727. The molecule has 1 aliphatic rings. The van der Waals surface area contributed by atoms with E-state index >= 15 is 0 Å². The van der Waals surface area contributed by atoms with Gasteiger partial charge < -0.3 is 14.6 Å². The molecular weight excluding hydrogens is 376 g/mol. The van der Waals surface area contributed by atoms with Gasteiger partial charge >= 0.3 is 0 Å². The monoisotopic (exact) mass is 404 g/mol. The lowest BCUT2D eigenvalue weighted by Gasteiger charge is -2.17. The molecule has 0 amide bonds. The highest BCUT2D eigenvalue weighted by Gasteiger charge is 2.19. The Bertz CT molecular complexity index is 905. The Hall–Kier alpha value is -2.47. The number of aromatic hydroxyl groups is 1. The summed E-state index contributed by atoms with van der Waals surface area (Å²) < 4.78 is 30.6. The number of ether oxygens (including phenoxy) is 2. The summed E-state index contributed by atoms with van der Waals surface area (Å²) in [6, 6.07) is 11.6. The van der Waals surface area contributed by atoms with Crippen molar-refractivity contribution in [1.82, 2.24) is 0 Å². The number of phenolic OH excluding ortho intramolecular Hbond substituents is 1. The molecule has 0 radical (unpaired) electrons. The molecule has 2 aromatic rings. The molecule has 152 valence electrons. The minimum atomic E-state index is -1.94. The summed E-state index contributed by atoms with van der Waals surface area (Å²) in [6.07, 6.45) is 5.52. The molecule has 0 atom stereocenters. The van der Waals surface area contributed by atoms with E-state index in [4.69, 9.17) is 9.47 Å². The standard InChI is InChI=1S/C19H22O3.C3H6O2S/c1-13-6-5-9-16(19(13)20)14-10-11-17(21-2)18(12-14)22-15-7-3-4-8-15;1-2-3-6(4)5/h5-6,9-12,15,20H,3-4,7-8H2,1-2H3;3H,2H2,1H3. The number of aryl methyl sites for hydroxylation is 1. The summed E-state index contributed by atoms with van der Waals surface area (Å²) in [5.74, 6) is 1.81. The van der Waals surface area contributed by atoms with Crippen molar-refractivity contribution in [2.45, 2.75) is 52.1 Å². The maximum atomic E-state index is 10.3. The summed E-state index contributed by atoms with van der Waals surface area (Å²) in [5, 5.41) is 11.5. The molecule has 1 aliphatic carbocycles. The first-order chi connectivity index (χ1) is 13.5. The highest BCUT2D eigenvalue weighted by Crippen LogP contribution is 2.38. The maximum absolute atomic E-state index is 10.3. The first kappa shape index (κ1) is 21.8. The van der Waals surface area contributed by atoms with E-state index in [1.807, 2.05) is 43.3 Å². The Balaban J connectivity index is 0.000000409. The average Bonchev–Trinajstić information content (AvgIpc) is 3.17. The van der Waals surface area contributed by atoms with Gasteiger partial charge in [-0.15, -0.1) is 0 Å². The lowest BCUT2D eigenvalue weighted by atomic mass is 10.0. The molecular formula is C22H28O5S. The highest BCUT2D eigenvalue weighted by atomic mass is 32.2. The van der Waals surface area contributed by atoms with Crippen molar-refractivity contribution in [2.75, 3.05) is 7.11 Å². The van der Waals surface area contributed by atoms with Crippen LogP contribution in [0.4, 0.5) is 0 Å². The number of rotatable bonds is 5. The van der Waals surface area contributed by atoms with Crippen LogP contribution in [0.25, 0.3) is 11.1 Å². The minimum absolute atomic E-state index is 0.273. The molecule has 0 aliphatic heterocycles. The van der Waals surface area contributed by atoms with E-state index in [2.05, 4.69) is 0 Å². The van der Waals surface area contributed by atoms with Crippen molar-refractivity contribution in [3.8, 4) is 28.4 Å². The lowest BCUT2D eigenvalue weighted by Crippen LogP contribution is -2.11. The molecule has 5 nitrogen and oxygen atoms in total. The van der Waals surface area contributed by atoms with Crippen LogP contribution in [0.5, 0.6) is 17.2 Å². The largest absolute Gasteiger partial charge is 0.507 e. The first-order valence-electron chi connectivity index (χ1n) is 9.51. The fourth-order valence-corrected chi connectivity index (χ4v) is 3.42. The summed E-state index contributed by atoms with van der Waals surface area (Å²) in [5.41, 5.74) is 2.63. The van der Waals surface area contributed by atoms with Crippen molar-refractivity contribution in [2.24, 2.45) is 0 Å². The lowest BCUT2D eigenvalue weighted by molar-refractivity contribution is 0.201. The van der Waals surface area contributed by atoms with E-state index < -0.39 is 10.3 Å². The summed E-state index contributed by atoms with van der Waals surface area (Å²) in [4.78, 5) is 0. The molecule has 2 aromatic carbocycles. The van der Waals surface area contributed by atoms with Gasteiger partial charge in [-0.1, -0.05) is 31.2 Å². The number of hydrogen-bond donors (Lipinski definition) is 1. The van der Waals surface area contributed by atoms with Gasteiger partial charge in [0, 0.05) is 10.9 Å². The number of para-hydroxylation sites is 1. The molecule has 3 rings (SSSR count). The van der Waals surface area contributed by atoms with Crippen LogP contribution < -0.4 is 9.47 Å². The van der Waals surface area contributed by atoms with Crippen LogP contribution in [0.3, 0.4) is 0 Å². The Kier molecular flexibility index (Phi) is 8.39. The van der Waals surface area contributed by atoms with Gasteiger partial charge in [0.15, 0.2) is 11.5 Å². The van der Waals surface area contributed by atoms with E-state index in [-0.39, 0.29) is 6.10 Å². The van der Waals surface area contributed by atoms with Gasteiger partial charge in [0.25, 0.3) is 0 Å². The molecule has 1 fully saturated rings. The van der Waals surface area contributed by atoms with Gasteiger partial charge in [0.05, 0.1) is 13.2 Å². The third kappa shape index (κ3) is 6.02. The predicted molar refractivity (Wildman–Crippen MR) is 113 cm³/mol.